The lowest BCUT2D eigenvalue weighted by Crippen LogP contribution is -2.36. The highest BCUT2D eigenvalue weighted by molar-refractivity contribution is 5.99. The highest BCUT2D eigenvalue weighted by Crippen LogP contribution is 2.44. The first kappa shape index (κ1) is 26.7. The lowest BCUT2D eigenvalue weighted by atomic mass is 9.79. The van der Waals surface area contributed by atoms with Crippen molar-refractivity contribution in [3.63, 3.8) is 0 Å². The minimum absolute atomic E-state index is 0.361. The molecule has 36 heavy (non-hydrogen) atoms. The van der Waals surface area contributed by atoms with Crippen molar-refractivity contribution >= 4 is 11.9 Å². The van der Waals surface area contributed by atoms with E-state index >= 15 is 0 Å². The van der Waals surface area contributed by atoms with Crippen LogP contribution in [0.25, 0.3) is 0 Å². The molecule has 1 heterocycles. The molecule has 0 amide bonds. The fourth-order valence-electron chi connectivity index (χ4n) is 4.49. The third-order valence-electron chi connectivity index (χ3n) is 6.26. The minimum Gasteiger partial charge on any atom is -0.494 e. The van der Waals surface area contributed by atoms with Crippen molar-refractivity contribution < 1.29 is 33.3 Å². The Balaban J connectivity index is 2.02. The van der Waals surface area contributed by atoms with E-state index in [1.165, 1.54) is 21.3 Å². The predicted octanol–water partition coefficient (Wildman–Crippen LogP) is 4.47. The molecule has 0 N–H and O–H groups in total. The zero-order chi connectivity index (χ0) is 26.2. The molecule has 0 aliphatic carbocycles. The third kappa shape index (κ3) is 5.48. The fourth-order valence-corrected chi connectivity index (χ4v) is 4.49. The van der Waals surface area contributed by atoms with Crippen LogP contribution in [0.2, 0.25) is 0 Å². The lowest BCUT2D eigenvalue weighted by molar-refractivity contribution is -0.137. The van der Waals surface area contributed by atoms with Gasteiger partial charge in [0.25, 0.3) is 0 Å². The van der Waals surface area contributed by atoms with Crippen LogP contribution < -0.4 is 14.2 Å². The Kier molecular flexibility index (Phi) is 9.00. The number of benzene rings is 2. The SMILES string of the molecule is COC(=O)C1=C(C)N(CCCOc2ccccc2)C(C)=C(C(=O)OC)C1c1ccc(OC)c(OC)c1. The first-order chi connectivity index (χ1) is 17.4. The summed E-state index contributed by atoms with van der Waals surface area (Å²) in [5, 5.41) is 0. The van der Waals surface area contributed by atoms with Crippen LogP contribution in [0.5, 0.6) is 17.2 Å². The number of methoxy groups -OCH3 is 4. The summed E-state index contributed by atoms with van der Waals surface area (Å²) in [6.45, 7) is 4.72. The van der Waals surface area contributed by atoms with Crippen molar-refractivity contribution in [2.45, 2.75) is 26.2 Å². The monoisotopic (exact) mass is 495 g/mol. The molecule has 1 aliphatic heterocycles. The van der Waals surface area contributed by atoms with E-state index in [2.05, 4.69) is 0 Å². The molecule has 0 radical (unpaired) electrons. The summed E-state index contributed by atoms with van der Waals surface area (Å²) in [5.41, 5.74) is 2.80. The van der Waals surface area contributed by atoms with Crippen molar-refractivity contribution in [2.75, 3.05) is 41.6 Å². The molecular weight excluding hydrogens is 462 g/mol. The molecule has 0 saturated heterocycles. The quantitative estimate of drug-likeness (QED) is 0.353. The number of nitrogens with zero attached hydrogens (tertiary/aromatic N) is 1. The highest BCUT2D eigenvalue weighted by Gasteiger charge is 2.40. The van der Waals surface area contributed by atoms with Crippen LogP contribution in [0.3, 0.4) is 0 Å². The van der Waals surface area contributed by atoms with Crippen molar-refractivity contribution in [3.8, 4) is 17.2 Å². The number of hydrogen-bond donors (Lipinski definition) is 0. The first-order valence-corrected chi connectivity index (χ1v) is 11.6. The highest BCUT2D eigenvalue weighted by atomic mass is 16.5. The van der Waals surface area contributed by atoms with E-state index in [-0.39, 0.29) is 0 Å². The molecule has 0 atom stereocenters. The van der Waals surface area contributed by atoms with Crippen LogP contribution in [0.4, 0.5) is 0 Å². The molecule has 0 spiro atoms. The topological polar surface area (TPSA) is 83.5 Å². The van der Waals surface area contributed by atoms with E-state index in [0.717, 1.165) is 5.75 Å². The standard InChI is InChI=1S/C28H33NO7/c1-18-24(27(30)34-5)26(20-13-14-22(32-3)23(17-20)33-4)25(28(31)35-6)19(2)29(18)15-10-16-36-21-11-8-7-9-12-21/h7-9,11-14,17,26H,10,15-16H2,1-6H3. The summed E-state index contributed by atoms with van der Waals surface area (Å²) >= 11 is 0. The van der Waals surface area contributed by atoms with Gasteiger partial charge in [-0.3, -0.25) is 0 Å². The summed E-state index contributed by atoms with van der Waals surface area (Å²) in [4.78, 5) is 28.1. The summed E-state index contributed by atoms with van der Waals surface area (Å²) in [6, 6.07) is 14.9. The number of ether oxygens (including phenoxy) is 5. The second kappa shape index (κ2) is 12.2. The molecular formula is C28H33NO7. The van der Waals surface area contributed by atoms with Crippen molar-refractivity contribution in [1.82, 2.24) is 4.90 Å². The number of esters is 2. The van der Waals surface area contributed by atoms with E-state index in [9.17, 15) is 9.59 Å². The Morgan fingerprint density at radius 2 is 1.39 bits per heavy atom. The number of para-hydroxylation sites is 1. The number of carbonyl (C=O) groups excluding carboxylic acids is 2. The average molecular weight is 496 g/mol. The van der Waals surface area contributed by atoms with Gasteiger partial charge in [-0.2, -0.15) is 0 Å². The van der Waals surface area contributed by atoms with Crippen molar-refractivity contribution in [3.05, 3.63) is 76.6 Å². The van der Waals surface area contributed by atoms with Crippen LogP contribution in [0, 0.1) is 0 Å². The molecule has 0 aromatic heterocycles. The molecule has 0 bridgehead atoms. The smallest absolute Gasteiger partial charge is 0.336 e. The van der Waals surface area contributed by atoms with Gasteiger partial charge in [0.2, 0.25) is 0 Å². The van der Waals surface area contributed by atoms with E-state index < -0.39 is 17.9 Å². The molecule has 2 aromatic rings. The zero-order valence-corrected chi connectivity index (χ0v) is 21.6. The Morgan fingerprint density at radius 3 is 1.92 bits per heavy atom. The van der Waals surface area contributed by atoms with Gasteiger partial charge in [0.05, 0.1) is 52.1 Å². The Labute approximate surface area is 212 Å². The molecule has 0 fully saturated rings. The maximum atomic E-state index is 13.1. The lowest BCUT2D eigenvalue weighted by Gasteiger charge is -2.38. The summed E-state index contributed by atoms with van der Waals surface area (Å²) in [5.74, 6) is 0.0617. The first-order valence-electron chi connectivity index (χ1n) is 11.6. The fraction of sp³-hybridized carbons (Fsp3) is 0.357. The molecule has 8 heteroatoms. The maximum absolute atomic E-state index is 13.1. The van der Waals surface area contributed by atoms with Gasteiger partial charge < -0.3 is 28.6 Å². The largest absolute Gasteiger partial charge is 0.494 e. The van der Waals surface area contributed by atoms with Gasteiger partial charge in [0.15, 0.2) is 11.5 Å². The molecule has 1 aliphatic rings. The second-order valence-electron chi connectivity index (χ2n) is 8.20. The van der Waals surface area contributed by atoms with E-state index in [1.807, 2.05) is 55.1 Å². The van der Waals surface area contributed by atoms with Crippen LogP contribution in [0.15, 0.2) is 71.1 Å². The molecule has 0 unspecified atom stereocenters. The Hall–Kier alpha value is -3.94. The van der Waals surface area contributed by atoms with Gasteiger partial charge in [-0.1, -0.05) is 24.3 Å². The van der Waals surface area contributed by atoms with Gasteiger partial charge in [-0.05, 0) is 50.1 Å². The molecule has 3 rings (SSSR count). The number of hydrogen-bond acceptors (Lipinski definition) is 8. The van der Waals surface area contributed by atoms with Gasteiger partial charge in [0.1, 0.15) is 5.75 Å². The van der Waals surface area contributed by atoms with Crippen LogP contribution in [0.1, 0.15) is 31.7 Å². The molecule has 192 valence electrons. The number of rotatable bonds is 10. The van der Waals surface area contributed by atoms with Crippen molar-refractivity contribution in [2.24, 2.45) is 0 Å². The molecule has 2 aromatic carbocycles. The van der Waals surface area contributed by atoms with E-state index in [4.69, 9.17) is 23.7 Å². The molecule has 8 nitrogen and oxygen atoms in total. The van der Waals surface area contributed by atoms with Crippen LogP contribution in [-0.4, -0.2) is 58.4 Å². The number of carbonyl (C=O) groups is 2. The summed E-state index contributed by atoms with van der Waals surface area (Å²) in [7, 11) is 5.74. The van der Waals surface area contributed by atoms with Gasteiger partial charge >= 0.3 is 11.9 Å². The maximum Gasteiger partial charge on any atom is 0.336 e. The van der Waals surface area contributed by atoms with E-state index in [1.54, 1.807) is 19.2 Å². The minimum atomic E-state index is -0.707. The third-order valence-corrected chi connectivity index (χ3v) is 6.26. The van der Waals surface area contributed by atoms with Gasteiger partial charge in [-0.25, -0.2) is 9.59 Å². The predicted molar refractivity (Wildman–Crippen MR) is 135 cm³/mol. The summed E-state index contributed by atoms with van der Waals surface area (Å²) in [6.07, 6.45) is 0.660. The Morgan fingerprint density at radius 1 is 0.806 bits per heavy atom. The van der Waals surface area contributed by atoms with E-state index in [0.29, 0.717) is 59.2 Å². The average Bonchev–Trinajstić information content (AvgIpc) is 2.91. The second-order valence-corrected chi connectivity index (χ2v) is 8.20. The van der Waals surface area contributed by atoms with Gasteiger partial charge in [0, 0.05) is 17.9 Å². The Bertz CT molecular complexity index is 1110. The molecule has 0 saturated carbocycles. The zero-order valence-electron chi connectivity index (χ0n) is 21.6. The van der Waals surface area contributed by atoms with Crippen LogP contribution in [-0.2, 0) is 19.1 Å². The van der Waals surface area contributed by atoms with Crippen LogP contribution >= 0.6 is 0 Å². The normalized spacial score (nSPS) is 14.0. The van der Waals surface area contributed by atoms with Crippen molar-refractivity contribution in [1.29, 1.82) is 0 Å². The number of allylic oxidation sites excluding steroid dienone is 2. The summed E-state index contributed by atoms with van der Waals surface area (Å²) < 4.78 is 27.0. The van der Waals surface area contributed by atoms with Gasteiger partial charge in [-0.15, -0.1) is 0 Å².